The fraction of sp³-hybridized carbons (Fsp3) is 0.182. The maximum Gasteiger partial charge on any atom is 0.136 e. The second-order valence-electron chi connectivity index (χ2n) is 3.27. The molecule has 1 aliphatic heterocycles. The molecule has 1 atom stereocenters. The van der Waals surface area contributed by atoms with Gasteiger partial charge in [0.1, 0.15) is 5.17 Å². The minimum Gasteiger partial charge on any atom is -0.380 e. The number of benzene rings is 1. The SMILES string of the molecule is [2H][SH]1CC=C(c2ccc(C)cc2)N=C1N. The molecular formula is C11H14N2S. The summed E-state index contributed by atoms with van der Waals surface area (Å²) in [5, 5.41) is 0.475. The van der Waals surface area contributed by atoms with Gasteiger partial charge in [0.2, 0.25) is 0 Å². The smallest absolute Gasteiger partial charge is 0.136 e. The molecule has 0 radical (unpaired) electrons. The molecule has 2 N–H and O–H groups in total. The zero-order valence-electron chi connectivity index (χ0n) is 9.07. The predicted molar refractivity (Wildman–Crippen MR) is 66.0 cm³/mol. The summed E-state index contributed by atoms with van der Waals surface area (Å²) in [6, 6.07) is 8.19. The van der Waals surface area contributed by atoms with Crippen molar-refractivity contribution in [3.05, 3.63) is 41.5 Å². The van der Waals surface area contributed by atoms with Gasteiger partial charge in [-0.3, -0.25) is 0 Å². The Bertz CT molecular complexity index is 423. The van der Waals surface area contributed by atoms with Crippen LogP contribution in [0.1, 0.15) is 11.1 Å². The fourth-order valence-corrected chi connectivity index (χ4v) is 1.97. The Morgan fingerprint density at radius 2 is 2.14 bits per heavy atom. The molecule has 0 aromatic heterocycles. The standard InChI is InChI=1S/C11H14N2S/c1-8-2-4-9(5-3-8)10-6-7-14-11(12)13-10/h2-6H,7,14H2,1H3,(H2,12,13)/i14D. The molecule has 0 aliphatic carbocycles. The van der Waals surface area contributed by atoms with Crippen molar-refractivity contribution in [3.63, 3.8) is 0 Å². The first kappa shape index (κ1) is 8.12. The van der Waals surface area contributed by atoms with E-state index in [0.717, 1.165) is 11.3 Å². The Balaban J connectivity index is 2.30. The van der Waals surface area contributed by atoms with Crippen molar-refractivity contribution >= 4 is 22.5 Å². The van der Waals surface area contributed by atoms with Gasteiger partial charge in [-0.2, -0.15) is 0 Å². The third kappa shape index (κ3) is 1.99. The molecule has 1 heterocycles. The van der Waals surface area contributed by atoms with Gasteiger partial charge in [0, 0.05) is 0 Å². The molecule has 0 saturated carbocycles. The highest BCUT2D eigenvalue weighted by molar-refractivity contribution is 8.14. The quantitative estimate of drug-likeness (QED) is 0.750. The monoisotopic (exact) mass is 207 g/mol. The summed E-state index contributed by atoms with van der Waals surface area (Å²) in [7, 11) is 0. The number of hydrogen-bond acceptors (Lipinski definition) is 2. The van der Waals surface area contributed by atoms with E-state index in [4.69, 9.17) is 6.86 Å². The number of amidine groups is 1. The zero-order chi connectivity index (χ0) is 10.8. The van der Waals surface area contributed by atoms with Crippen molar-refractivity contribution in [2.24, 2.45) is 10.7 Å². The Labute approximate surface area is 89.0 Å². The van der Waals surface area contributed by atoms with E-state index in [1.54, 1.807) is 0 Å². The van der Waals surface area contributed by atoms with Crippen LogP contribution in [-0.2, 0) is 0 Å². The van der Waals surface area contributed by atoms with Gasteiger partial charge < -0.3 is 5.73 Å². The third-order valence-electron chi connectivity index (χ3n) is 2.12. The van der Waals surface area contributed by atoms with Gasteiger partial charge in [0.15, 0.2) is 0 Å². The van der Waals surface area contributed by atoms with Gasteiger partial charge in [0.05, 0.1) is 6.82 Å². The van der Waals surface area contributed by atoms with Gasteiger partial charge in [0.25, 0.3) is 0 Å². The number of aryl methyl sites for hydroxylation is 1. The Morgan fingerprint density at radius 3 is 2.79 bits per heavy atom. The van der Waals surface area contributed by atoms with Crippen molar-refractivity contribution in [2.75, 3.05) is 5.75 Å². The molecule has 1 aromatic carbocycles. The summed E-state index contributed by atoms with van der Waals surface area (Å²) in [5.41, 5.74) is 8.89. The fourth-order valence-electron chi connectivity index (χ4n) is 1.34. The molecule has 2 nitrogen and oxygen atoms in total. The molecule has 0 bridgehead atoms. The van der Waals surface area contributed by atoms with E-state index in [-0.39, 0.29) is 0 Å². The topological polar surface area (TPSA) is 38.4 Å². The highest BCUT2D eigenvalue weighted by Gasteiger charge is 2.04. The maximum atomic E-state index is 7.63. The summed E-state index contributed by atoms with van der Waals surface area (Å²) >= 11 is -0.975. The van der Waals surface area contributed by atoms with Crippen molar-refractivity contribution in [1.82, 2.24) is 0 Å². The minimum atomic E-state index is -0.975. The molecule has 1 aromatic rings. The van der Waals surface area contributed by atoms with Crippen LogP contribution in [0.3, 0.4) is 0 Å². The van der Waals surface area contributed by atoms with E-state index in [9.17, 15) is 0 Å². The number of aliphatic imine (C=N–C) groups is 1. The molecule has 0 fully saturated rings. The van der Waals surface area contributed by atoms with Crippen LogP contribution in [0.4, 0.5) is 0 Å². The highest BCUT2D eigenvalue weighted by atomic mass is 32.2. The van der Waals surface area contributed by atoms with Crippen LogP contribution >= 0.6 is 11.7 Å². The molecule has 74 valence electrons. The van der Waals surface area contributed by atoms with Gasteiger partial charge in [-0.05, 0) is 24.3 Å². The summed E-state index contributed by atoms with van der Waals surface area (Å²) in [6.07, 6.45) is 2.00. The molecule has 0 saturated heterocycles. The molecule has 2 rings (SSSR count). The van der Waals surface area contributed by atoms with Gasteiger partial charge >= 0.3 is 0 Å². The van der Waals surface area contributed by atoms with Crippen LogP contribution in [-0.4, -0.2) is 12.0 Å². The molecule has 1 aliphatic rings. The van der Waals surface area contributed by atoms with Crippen LogP contribution in [0.2, 0.25) is 0 Å². The summed E-state index contributed by atoms with van der Waals surface area (Å²) in [5.74, 6) is 0.716. The van der Waals surface area contributed by atoms with E-state index < -0.39 is 11.7 Å². The molecular weight excluding hydrogens is 192 g/mol. The second kappa shape index (κ2) is 3.88. The van der Waals surface area contributed by atoms with Crippen molar-refractivity contribution in [2.45, 2.75) is 6.92 Å². The van der Waals surface area contributed by atoms with Crippen LogP contribution in [0, 0.1) is 6.92 Å². The lowest BCUT2D eigenvalue weighted by Crippen LogP contribution is -2.10. The molecule has 0 spiro atoms. The molecule has 0 amide bonds. The largest absolute Gasteiger partial charge is 0.380 e. The first-order valence-electron chi connectivity index (χ1n) is 4.99. The predicted octanol–water partition coefficient (Wildman–Crippen LogP) is 1.86. The normalized spacial score (nSPS) is 24.9. The van der Waals surface area contributed by atoms with Crippen molar-refractivity contribution in [3.8, 4) is 0 Å². The third-order valence-corrected chi connectivity index (χ3v) is 2.91. The molecule has 3 heteroatoms. The lowest BCUT2D eigenvalue weighted by molar-refractivity contribution is 1.41. The molecule has 1 unspecified atom stereocenters. The lowest BCUT2D eigenvalue weighted by Gasteiger charge is -2.11. The van der Waals surface area contributed by atoms with E-state index in [2.05, 4.69) is 24.0 Å². The first-order valence-corrected chi connectivity index (χ1v) is 5.62. The van der Waals surface area contributed by atoms with Crippen LogP contribution in [0.25, 0.3) is 5.70 Å². The van der Waals surface area contributed by atoms with Crippen LogP contribution < -0.4 is 5.73 Å². The Morgan fingerprint density at radius 1 is 1.43 bits per heavy atom. The van der Waals surface area contributed by atoms with Crippen molar-refractivity contribution in [1.29, 1.82) is 1.12 Å². The van der Waals surface area contributed by atoms with Gasteiger partial charge in [-0.15, -0.1) is 0 Å². The molecule has 14 heavy (non-hydrogen) atoms. The Hall–Kier alpha value is -1.22. The number of rotatable bonds is 1. The Kier molecular flexibility index (Phi) is 2.25. The lowest BCUT2D eigenvalue weighted by atomic mass is 10.1. The van der Waals surface area contributed by atoms with E-state index in [0.29, 0.717) is 10.9 Å². The zero-order valence-corrected chi connectivity index (χ0v) is 8.96. The maximum absolute atomic E-state index is 7.63. The summed E-state index contributed by atoms with van der Waals surface area (Å²) < 4.78 is 7.63. The van der Waals surface area contributed by atoms with Crippen molar-refractivity contribution < 1.29 is 0 Å². The average molecular weight is 207 g/mol. The minimum absolute atomic E-state index is 0.475. The number of nitrogens with zero attached hydrogens (tertiary/aromatic N) is 1. The number of nitrogens with two attached hydrogens (primary N) is 1. The first-order chi connectivity index (χ1) is 7.16. The van der Waals surface area contributed by atoms with Gasteiger partial charge in [-0.1, -0.05) is 29.8 Å². The summed E-state index contributed by atoms with van der Waals surface area (Å²) in [4.78, 5) is 4.26. The van der Waals surface area contributed by atoms with E-state index >= 15 is 0 Å². The van der Waals surface area contributed by atoms with Crippen LogP contribution in [0.15, 0.2) is 35.3 Å². The van der Waals surface area contributed by atoms with Crippen LogP contribution in [0.5, 0.6) is 0 Å². The summed E-state index contributed by atoms with van der Waals surface area (Å²) in [6.45, 7) is 2.06. The van der Waals surface area contributed by atoms with E-state index in [1.807, 2.05) is 18.2 Å². The van der Waals surface area contributed by atoms with Gasteiger partial charge in [-0.25, -0.2) is 16.7 Å². The highest BCUT2D eigenvalue weighted by Crippen LogP contribution is 2.22. The number of hydrogen-bond donors (Lipinski definition) is 1. The average Bonchev–Trinajstić information content (AvgIpc) is 2.23. The van der Waals surface area contributed by atoms with E-state index in [1.165, 1.54) is 5.56 Å². The second-order valence-corrected chi connectivity index (χ2v) is 4.41.